The van der Waals surface area contributed by atoms with E-state index >= 15 is 0 Å². The van der Waals surface area contributed by atoms with E-state index in [-0.39, 0.29) is 12.4 Å². The minimum Gasteiger partial charge on any atom is -0.495 e. The summed E-state index contributed by atoms with van der Waals surface area (Å²) in [6.45, 7) is 0.271. The first kappa shape index (κ1) is 13.1. The molecule has 0 unspecified atom stereocenters. The number of aromatic nitrogens is 3. The van der Waals surface area contributed by atoms with Crippen LogP contribution in [0.4, 0.5) is 0 Å². The molecule has 0 radical (unpaired) electrons. The molecule has 0 aliphatic rings. The van der Waals surface area contributed by atoms with Crippen molar-refractivity contribution < 1.29 is 4.74 Å². The summed E-state index contributed by atoms with van der Waals surface area (Å²) in [5.41, 5.74) is 6.43. The average Bonchev–Trinajstić information content (AvgIpc) is 2.81. The molecule has 0 aliphatic heterocycles. The van der Waals surface area contributed by atoms with Crippen LogP contribution in [0, 0.1) is 0 Å². The van der Waals surface area contributed by atoms with Gasteiger partial charge in [-0.1, -0.05) is 11.6 Å². The summed E-state index contributed by atoms with van der Waals surface area (Å²) >= 11 is 11.9. The monoisotopic (exact) mass is 286 g/mol. The van der Waals surface area contributed by atoms with Gasteiger partial charge in [0.1, 0.15) is 5.75 Å². The Kier molecular flexibility index (Phi) is 4.06. The van der Waals surface area contributed by atoms with Gasteiger partial charge in [0.25, 0.3) is 0 Å². The molecule has 5 nitrogen and oxygen atoms in total. The van der Waals surface area contributed by atoms with Crippen LogP contribution in [0.5, 0.6) is 5.75 Å². The van der Waals surface area contributed by atoms with Crippen LogP contribution < -0.4 is 10.5 Å². The fraction of sp³-hybridized carbons (Fsp3) is 0.273. The topological polar surface area (TPSA) is 66.0 Å². The zero-order valence-corrected chi connectivity index (χ0v) is 11.2. The third-order valence-corrected chi connectivity index (χ3v) is 3.03. The molecule has 0 spiro atoms. The molecule has 0 amide bonds. The third kappa shape index (κ3) is 2.29. The van der Waals surface area contributed by atoms with Crippen molar-refractivity contribution in [2.45, 2.75) is 12.4 Å². The molecule has 2 rings (SSSR count). The second kappa shape index (κ2) is 5.56. The molecule has 0 fully saturated rings. The third-order valence-electron chi connectivity index (χ3n) is 2.49. The summed E-state index contributed by atoms with van der Waals surface area (Å²) in [4.78, 5) is 0. The molecule has 96 valence electrons. The molecule has 2 N–H and O–H groups in total. The highest BCUT2D eigenvalue weighted by Gasteiger charge is 2.13. The normalized spacial score (nSPS) is 10.7. The van der Waals surface area contributed by atoms with Crippen molar-refractivity contribution in [3.05, 3.63) is 34.9 Å². The molecular formula is C11H12Cl2N4O. The summed E-state index contributed by atoms with van der Waals surface area (Å²) in [5, 5.41) is 8.47. The van der Waals surface area contributed by atoms with Crippen LogP contribution in [0.15, 0.2) is 18.2 Å². The summed E-state index contributed by atoms with van der Waals surface area (Å²) in [5.74, 6) is 2.11. The lowest BCUT2D eigenvalue weighted by Crippen LogP contribution is -2.08. The maximum Gasteiger partial charge on any atom is 0.152 e. The number of hydrogen-bond donors (Lipinski definition) is 1. The number of hydrogen-bond acceptors (Lipinski definition) is 4. The fourth-order valence-corrected chi connectivity index (χ4v) is 2.09. The average molecular weight is 287 g/mol. The zero-order valence-electron chi connectivity index (χ0n) is 9.73. The highest BCUT2D eigenvalue weighted by molar-refractivity contribution is 6.32. The smallest absolute Gasteiger partial charge is 0.152 e. The molecular weight excluding hydrogens is 275 g/mol. The summed E-state index contributed by atoms with van der Waals surface area (Å²) in [6, 6.07) is 5.39. The van der Waals surface area contributed by atoms with Crippen molar-refractivity contribution in [1.82, 2.24) is 14.8 Å². The van der Waals surface area contributed by atoms with Crippen molar-refractivity contribution in [2.24, 2.45) is 5.73 Å². The number of ether oxygens (including phenoxy) is 1. The zero-order chi connectivity index (χ0) is 13.1. The largest absolute Gasteiger partial charge is 0.495 e. The molecule has 18 heavy (non-hydrogen) atoms. The number of rotatable bonds is 4. The molecule has 0 saturated heterocycles. The van der Waals surface area contributed by atoms with Gasteiger partial charge >= 0.3 is 0 Å². The number of nitrogens with two attached hydrogens (primary N) is 1. The number of alkyl halides is 1. The molecule has 0 aliphatic carbocycles. The van der Waals surface area contributed by atoms with Crippen molar-refractivity contribution in [3.63, 3.8) is 0 Å². The highest BCUT2D eigenvalue weighted by atomic mass is 35.5. The van der Waals surface area contributed by atoms with Gasteiger partial charge in [0.05, 0.1) is 30.2 Å². The van der Waals surface area contributed by atoms with E-state index in [4.69, 9.17) is 33.7 Å². The molecule has 0 saturated carbocycles. The SMILES string of the molecule is COc1ccc(-n2c(CN)nnc2CCl)cc1Cl. The highest BCUT2D eigenvalue weighted by Crippen LogP contribution is 2.27. The molecule has 1 heterocycles. The van der Waals surface area contributed by atoms with Crippen LogP contribution in [0.3, 0.4) is 0 Å². The maximum atomic E-state index is 6.09. The lowest BCUT2D eigenvalue weighted by Gasteiger charge is -2.10. The quantitative estimate of drug-likeness (QED) is 0.875. The van der Waals surface area contributed by atoms with Gasteiger partial charge in [-0.3, -0.25) is 4.57 Å². The van der Waals surface area contributed by atoms with Gasteiger partial charge in [0.15, 0.2) is 11.6 Å². The molecule has 0 atom stereocenters. The van der Waals surface area contributed by atoms with E-state index in [0.29, 0.717) is 22.4 Å². The van der Waals surface area contributed by atoms with Crippen LogP contribution >= 0.6 is 23.2 Å². The Labute approximate surface area is 114 Å². The molecule has 7 heteroatoms. The first-order valence-electron chi connectivity index (χ1n) is 5.24. The Balaban J connectivity index is 2.54. The van der Waals surface area contributed by atoms with Gasteiger partial charge in [-0.05, 0) is 18.2 Å². The van der Waals surface area contributed by atoms with Crippen molar-refractivity contribution in [3.8, 4) is 11.4 Å². The summed E-state index contributed by atoms with van der Waals surface area (Å²) < 4.78 is 6.90. The standard InChI is InChI=1S/C11H12Cl2N4O/c1-18-9-3-2-7(4-8(9)13)17-10(5-12)15-16-11(17)6-14/h2-4H,5-6,14H2,1H3. The second-order valence-electron chi connectivity index (χ2n) is 3.52. The Bertz CT molecular complexity index is 534. The summed E-state index contributed by atoms with van der Waals surface area (Å²) in [6.07, 6.45) is 0. The second-order valence-corrected chi connectivity index (χ2v) is 4.20. The van der Waals surface area contributed by atoms with E-state index in [9.17, 15) is 0 Å². The summed E-state index contributed by atoms with van der Waals surface area (Å²) in [7, 11) is 1.56. The van der Waals surface area contributed by atoms with Crippen LogP contribution in [0.1, 0.15) is 11.6 Å². The van der Waals surface area contributed by atoms with E-state index in [1.165, 1.54) is 0 Å². The lowest BCUT2D eigenvalue weighted by molar-refractivity contribution is 0.415. The Morgan fingerprint density at radius 2 is 2.06 bits per heavy atom. The maximum absolute atomic E-state index is 6.09. The first-order chi connectivity index (χ1) is 8.71. The Morgan fingerprint density at radius 3 is 2.61 bits per heavy atom. The van der Waals surface area contributed by atoms with Gasteiger partial charge in [-0.2, -0.15) is 0 Å². The van der Waals surface area contributed by atoms with Gasteiger partial charge in [-0.15, -0.1) is 21.8 Å². The van der Waals surface area contributed by atoms with E-state index in [1.54, 1.807) is 23.8 Å². The van der Waals surface area contributed by atoms with E-state index in [2.05, 4.69) is 10.2 Å². The van der Waals surface area contributed by atoms with Gasteiger partial charge < -0.3 is 10.5 Å². The van der Waals surface area contributed by atoms with Gasteiger partial charge in [-0.25, -0.2) is 0 Å². The van der Waals surface area contributed by atoms with E-state index < -0.39 is 0 Å². The van der Waals surface area contributed by atoms with Crippen molar-refractivity contribution in [1.29, 1.82) is 0 Å². The molecule has 0 bridgehead atoms. The van der Waals surface area contributed by atoms with Gasteiger partial charge in [0, 0.05) is 0 Å². The van der Waals surface area contributed by atoms with E-state index in [1.807, 2.05) is 6.07 Å². The minimum absolute atomic E-state index is 0.247. The van der Waals surface area contributed by atoms with Crippen LogP contribution in [0.25, 0.3) is 5.69 Å². The number of benzene rings is 1. The number of halogens is 2. The molecule has 1 aromatic carbocycles. The predicted molar refractivity (Wildman–Crippen MR) is 70.4 cm³/mol. The van der Waals surface area contributed by atoms with Crippen LogP contribution in [-0.4, -0.2) is 21.9 Å². The van der Waals surface area contributed by atoms with Gasteiger partial charge in [0.2, 0.25) is 0 Å². The lowest BCUT2D eigenvalue weighted by atomic mass is 10.3. The Morgan fingerprint density at radius 1 is 1.33 bits per heavy atom. The number of methoxy groups -OCH3 is 1. The molecule has 1 aromatic heterocycles. The number of nitrogens with zero attached hydrogens (tertiary/aromatic N) is 3. The van der Waals surface area contributed by atoms with Crippen molar-refractivity contribution in [2.75, 3.05) is 7.11 Å². The minimum atomic E-state index is 0.247. The predicted octanol–water partition coefficient (Wildman–Crippen LogP) is 2.13. The van der Waals surface area contributed by atoms with Crippen LogP contribution in [0.2, 0.25) is 5.02 Å². The van der Waals surface area contributed by atoms with E-state index in [0.717, 1.165) is 5.69 Å². The van der Waals surface area contributed by atoms with Crippen LogP contribution in [-0.2, 0) is 12.4 Å². The molecule has 2 aromatic rings. The Hall–Kier alpha value is -1.30. The fourth-order valence-electron chi connectivity index (χ4n) is 1.66. The first-order valence-corrected chi connectivity index (χ1v) is 6.15. The van der Waals surface area contributed by atoms with Crippen molar-refractivity contribution >= 4 is 23.2 Å².